The molecule has 5 heteroatoms. The van der Waals surface area contributed by atoms with Gasteiger partial charge in [0, 0.05) is 10.6 Å². The van der Waals surface area contributed by atoms with E-state index in [2.05, 4.69) is 20.1 Å². The molecule has 0 radical (unpaired) electrons. The highest BCUT2D eigenvalue weighted by atomic mass is 35.5. The van der Waals surface area contributed by atoms with Crippen LogP contribution in [0.1, 0.15) is 53.2 Å². The molecular formula is C31H33ClO4. The van der Waals surface area contributed by atoms with Gasteiger partial charge in [-0.1, -0.05) is 93.1 Å². The highest BCUT2D eigenvalue weighted by Gasteiger charge is 2.37. The number of hydrogen-bond acceptors (Lipinski definition) is 4. The van der Waals surface area contributed by atoms with Crippen molar-refractivity contribution in [3.8, 4) is 11.5 Å². The SMILES string of the molecule is C=CCOc1ccc(COC(CCCC)(c2ccc(Cl)cc2)c2ccccc2C(=O)C=C)cc1OC. The minimum Gasteiger partial charge on any atom is -0.493 e. The quantitative estimate of drug-likeness (QED) is 0.127. The van der Waals surface area contributed by atoms with Crippen LogP contribution in [0.25, 0.3) is 0 Å². The first-order valence-corrected chi connectivity index (χ1v) is 12.4. The van der Waals surface area contributed by atoms with Crippen LogP contribution in [0.3, 0.4) is 0 Å². The van der Waals surface area contributed by atoms with E-state index in [-0.39, 0.29) is 5.78 Å². The normalized spacial score (nSPS) is 12.4. The number of benzene rings is 3. The number of hydrogen-bond donors (Lipinski definition) is 0. The molecule has 0 aliphatic rings. The van der Waals surface area contributed by atoms with Gasteiger partial charge in [0.25, 0.3) is 0 Å². The van der Waals surface area contributed by atoms with Crippen molar-refractivity contribution >= 4 is 17.4 Å². The maximum atomic E-state index is 12.9. The largest absolute Gasteiger partial charge is 0.493 e. The molecule has 1 atom stereocenters. The Morgan fingerprint density at radius 2 is 1.78 bits per heavy atom. The van der Waals surface area contributed by atoms with E-state index in [1.54, 1.807) is 13.2 Å². The van der Waals surface area contributed by atoms with E-state index < -0.39 is 5.60 Å². The van der Waals surface area contributed by atoms with Gasteiger partial charge in [-0.2, -0.15) is 0 Å². The van der Waals surface area contributed by atoms with Gasteiger partial charge in [-0.15, -0.1) is 0 Å². The molecule has 188 valence electrons. The van der Waals surface area contributed by atoms with E-state index in [0.717, 1.165) is 29.5 Å². The first kappa shape index (κ1) is 27.3. The number of halogens is 1. The van der Waals surface area contributed by atoms with Crippen molar-refractivity contribution in [2.24, 2.45) is 0 Å². The van der Waals surface area contributed by atoms with Crippen molar-refractivity contribution in [2.75, 3.05) is 13.7 Å². The number of ketones is 1. The van der Waals surface area contributed by atoms with Crippen molar-refractivity contribution in [2.45, 2.75) is 38.4 Å². The molecule has 3 aromatic carbocycles. The highest BCUT2D eigenvalue weighted by Crippen LogP contribution is 2.42. The standard InChI is InChI=1S/C31H33ClO4/c1-5-8-19-31(24-14-16-25(32)17-15-24,27-12-10-9-11-26(27)28(33)7-3)36-22-23-13-18-29(35-20-6-2)30(21-23)34-4/h6-7,9-18,21H,2-3,5,8,19-20,22H2,1,4H3. The molecule has 0 saturated heterocycles. The minimum atomic E-state index is -0.874. The molecule has 0 bridgehead atoms. The fraction of sp³-hybridized carbons (Fsp3) is 0.258. The van der Waals surface area contributed by atoms with Crippen LogP contribution >= 0.6 is 11.6 Å². The molecule has 36 heavy (non-hydrogen) atoms. The predicted molar refractivity (Wildman–Crippen MR) is 146 cm³/mol. The van der Waals surface area contributed by atoms with Gasteiger partial charge < -0.3 is 14.2 Å². The average molecular weight is 505 g/mol. The molecule has 0 saturated carbocycles. The summed E-state index contributed by atoms with van der Waals surface area (Å²) in [5.74, 6) is 1.11. The Hall–Kier alpha value is -3.34. The van der Waals surface area contributed by atoms with Crippen molar-refractivity contribution < 1.29 is 19.0 Å². The number of carbonyl (C=O) groups excluding carboxylic acids is 1. The van der Waals surface area contributed by atoms with Gasteiger partial charge in [-0.25, -0.2) is 0 Å². The van der Waals surface area contributed by atoms with E-state index >= 15 is 0 Å². The Labute approximate surface area is 219 Å². The lowest BCUT2D eigenvalue weighted by Crippen LogP contribution is -2.33. The predicted octanol–water partition coefficient (Wildman–Crippen LogP) is 7.93. The molecule has 0 fully saturated rings. The molecule has 3 aromatic rings. The van der Waals surface area contributed by atoms with E-state index in [1.807, 2.05) is 66.7 Å². The summed E-state index contributed by atoms with van der Waals surface area (Å²) in [4.78, 5) is 12.9. The summed E-state index contributed by atoms with van der Waals surface area (Å²) >= 11 is 6.23. The van der Waals surface area contributed by atoms with Crippen LogP contribution in [0, 0.1) is 0 Å². The average Bonchev–Trinajstić information content (AvgIpc) is 2.92. The van der Waals surface area contributed by atoms with Gasteiger partial charge in [0.15, 0.2) is 17.3 Å². The van der Waals surface area contributed by atoms with Crippen molar-refractivity contribution in [3.05, 3.63) is 119 Å². The van der Waals surface area contributed by atoms with Crippen LogP contribution < -0.4 is 9.47 Å². The third kappa shape index (κ3) is 6.26. The van der Waals surface area contributed by atoms with E-state index in [9.17, 15) is 4.79 Å². The highest BCUT2D eigenvalue weighted by molar-refractivity contribution is 6.30. The first-order valence-electron chi connectivity index (χ1n) is 12.1. The lowest BCUT2D eigenvalue weighted by molar-refractivity contribution is -0.0385. The number of rotatable bonds is 14. The molecule has 3 rings (SSSR count). The molecule has 0 amide bonds. The number of carbonyl (C=O) groups is 1. The van der Waals surface area contributed by atoms with Crippen LogP contribution in [-0.4, -0.2) is 19.5 Å². The van der Waals surface area contributed by atoms with Crippen LogP contribution in [-0.2, 0) is 16.9 Å². The van der Waals surface area contributed by atoms with Crippen molar-refractivity contribution in [1.29, 1.82) is 0 Å². The number of allylic oxidation sites excluding steroid dienone is 1. The summed E-state index contributed by atoms with van der Waals surface area (Å²) in [6.45, 7) is 10.2. The number of ether oxygens (including phenoxy) is 3. The zero-order valence-corrected chi connectivity index (χ0v) is 21.7. The van der Waals surface area contributed by atoms with Crippen LogP contribution in [0.5, 0.6) is 11.5 Å². The monoisotopic (exact) mass is 504 g/mol. The van der Waals surface area contributed by atoms with E-state index in [1.165, 1.54) is 6.08 Å². The van der Waals surface area contributed by atoms with Crippen LogP contribution in [0.15, 0.2) is 92.0 Å². The van der Waals surface area contributed by atoms with E-state index in [4.69, 9.17) is 25.8 Å². The first-order chi connectivity index (χ1) is 17.5. The molecule has 0 spiro atoms. The summed E-state index contributed by atoms with van der Waals surface area (Å²) in [6.07, 6.45) is 5.59. The second-order valence-corrected chi connectivity index (χ2v) is 8.86. The van der Waals surface area contributed by atoms with Gasteiger partial charge in [0.05, 0.1) is 13.7 Å². The molecule has 0 heterocycles. The lowest BCUT2D eigenvalue weighted by atomic mass is 9.79. The fourth-order valence-corrected chi connectivity index (χ4v) is 4.37. The lowest BCUT2D eigenvalue weighted by Gasteiger charge is -2.37. The van der Waals surface area contributed by atoms with Gasteiger partial charge in [0.1, 0.15) is 12.2 Å². The summed E-state index contributed by atoms with van der Waals surface area (Å²) in [5.41, 5.74) is 2.36. The topological polar surface area (TPSA) is 44.8 Å². The summed E-state index contributed by atoms with van der Waals surface area (Å²) in [7, 11) is 1.61. The van der Waals surface area contributed by atoms with Gasteiger partial charge in [-0.3, -0.25) is 4.79 Å². The summed E-state index contributed by atoms with van der Waals surface area (Å²) in [6, 6.07) is 21.0. The maximum absolute atomic E-state index is 12.9. The molecular weight excluding hydrogens is 472 g/mol. The van der Waals surface area contributed by atoms with E-state index in [0.29, 0.717) is 41.7 Å². The maximum Gasteiger partial charge on any atom is 0.185 e. The van der Waals surface area contributed by atoms with Crippen LogP contribution in [0.2, 0.25) is 5.02 Å². The second kappa shape index (κ2) is 13.1. The van der Waals surface area contributed by atoms with Gasteiger partial charge in [0.2, 0.25) is 0 Å². The molecule has 0 N–H and O–H groups in total. The van der Waals surface area contributed by atoms with Crippen molar-refractivity contribution in [3.63, 3.8) is 0 Å². The molecule has 0 aliphatic heterocycles. The smallest absolute Gasteiger partial charge is 0.185 e. The molecule has 0 aromatic heterocycles. The Kier molecular flexibility index (Phi) is 9.92. The molecule has 0 aliphatic carbocycles. The Morgan fingerprint density at radius 1 is 1.03 bits per heavy atom. The Morgan fingerprint density at radius 3 is 2.44 bits per heavy atom. The second-order valence-electron chi connectivity index (χ2n) is 8.42. The molecule has 4 nitrogen and oxygen atoms in total. The molecule has 1 unspecified atom stereocenters. The number of methoxy groups -OCH3 is 1. The third-order valence-corrected chi connectivity index (χ3v) is 6.33. The zero-order valence-electron chi connectivity index (χ0n) is 21.0. The zero-order chi connectivity index (χ0) is 26.0. The Bertz CT molecular complexity index is 1190. The number of unbranched alkanes of at least 4 members (excludes halogenated alkanes) is 1. The summed E-state index contributed by atoms with van der Waals surface area (Å²) in [5, 5.41) is 0.637. The Balaban J connectivity index is 2.11. The van der Waals surface area contributed by atoms with Gasteiger partial charge in [-0.05, 0) is 53.5 Å². The van der Waals surface area contributed by atoms with Crippen molar-refractivity contribution in [1.82, 2.24) is 0 Å². The third-order valence-electron chi connectivity index (χ3n) is 6.08. The summed E-state index contributed by atoms with van der Waals surface area (Å²) < 4.78 is 18.1. The minimum absolute atomic E-state index is 0.144. The van der Waals surface area contributed by atoms with Gasteiger partial charge >= 0.3 is 0 Å². The van der Waals surface area contributed by atoms with Crippen LogP contribution in [0.4, 0.5) is 0 Å². The fourth-order valence-electron chi connectivity index (χ4n) is 4.25.